The third-order valence-corrected chi connectivity index (χ3v) is 0.830. The Labute approximate surface area is 43.8 Å². The molecule has 8 heavy (non-hydrogen) atoms. The number of hydrogen-bond acceptors (Lipinski definition) is 6. The Hall–Kier alpha value is -0.730. The van der Waals surface area contributed by atoms with Crippen LogP contribution in [0.25, 0.3) is 0 Å². The van der Waals surface area contributed by atoms with Crippen molar-refractivity contribution >= 4 is 10.3 Å². The predicted octanol–water partition coefficient (Wildman–Crippen LogP) is -1.00. The van der Waals surface area contributed by atoms with E-state index in [9.17, 15) is 18.5 Å². The van der Waals surface area contributed by atoms with Crippen molar-refractivity contribution in [2.24, 2.45) is 0 Å². The normalized spacial score (nSPS) is 11.1. The van der Waals surface area contributed by atoms with Gasteiger partial charge in [-0.05, 0) is 0 Å². The number of nitro groups is 1. The minimum absolute atomic E-state index is 1.76. The molecule has 0 radical (unpaired) electrons. The second kappa shape index (κ2) is 2.03. The summed E-state index contributed by atoms with van der Waals surface area (Å²) in [6.07, 6.45) is 0. The lowest BCUT2D eigenvalue weighted by molar-refractivity contribution is -0.341. The lowest BCUT2D eigenvalue weighted by Gasteiger charge is -1.82. The fraction of sp³-hybridized carbons (Fsp3) is 0. The molecule has 0 aromatic rings. The maximum atomic E-state index is 9.53. The van der Waals surface area contributed by atoms with Crippen LogP contribution in [-0.2, 0) is 14.6 Å². The molecule has 0 aromatic carbocycles. The van der Waals surface area contributed by atoms with Gasteiger partial charge in [-0.15, -0.1) is 8.42 Å². The number of nitrogens with zero attached hydrogens (tertiary/aromatic N) is 1. The molecule has 0 saturated carbocycles. The zero-order chi connectivity index (χ0) is 6.78. The van der Waals surface area contributed by atoms with Crippen molar-refractivity contribution in [2.75, 3.05) is 0 Å². The van der Waals surface area contributed by atoms with Crippen LogP contribution < -0.4 is 0 Å². The highest BCUT2D eigenvalue weighted by atomic mass is 32.2. The average molecular weight is 143 g/mol. The summed E-state index contributed by atoms with van der Waals surface area (Å²) in [5.41, 5.74) is 0. The molecule has 0 aliphatic carbocycles. The van der Waals surface area contributed by atoms with Gasteiger partial charge >= 0.3 is 10.3 Å². The fourth-order valence-corrected chi connectivity index (χ4v) is 0.0816. The van der Waals surface area contributed by atoms with E-state index in [0.717, 1.165) is 0 Å². The molecular weight excluding hydrogens is 142 g/mol. The van der Waals surface area contributed by atoms with Crippen LogP contribution in [0, 0.1) is 10.1 Å². The average Bonchev–Trinajstić information content (AvgIpc) is 1.67. The summed E-state index contributed by atoms with van der Waals surface area (Å²) in [5.74, 6) is 0. The Bertz CT molecular complexity index is 175. The van der Waals surface area contributed by atoms with Crippen LogP contribution in [-0.4, -0.2) is 18.0 Å². The Morgan fingerprint density at radius 1 is 1.62 bits per heavy atom. The minimum Gasteiger partial charge on any atom is -0.245 e. The molecule has 0 aliphatic heterocycles. The van der Waals surface area contributed by atoms with Crippen molar-refractivity contribution in [3.8, 4) is 0 Å². The molecule has 0 heterocycles. The molecule has 0 bridgehead atoms. The van der Waals surface area contributed by atoms with Crippen LogP contribution in [0.5, 0.6) is 0 Å². The second-order valence-corrected chi connectivity index (χ2v) is 2.03. The highest BCUT2D eigenvalue weighted by Crippen LogP contribution is 1.86. The molecule has 0 spiro atoms. The van der Waals surface area contributed by atoms with Crippen LogP contribution in [0.3, 0.4) is 0 Å². The van der Waals surface area contributed by atoms with Crippen molar-refractivity contribution in [3.63, 3.8) is 0 Å². The van der Waals surface area contributed by atoms with E-state index in [1.54, 1.807) is 0 Å². The topological polar surface area (TPSA) is 107 Å². The van der Waals surface area contributed by atoms with E-state index in [1.165, 1.54) is 0 Å². The lowest BCUT2D eigenvalue weighted by atomic mass is 13.4. The molecular formula is HNO6S. The third kappa shape index (κ3) is 1.40. The summed E-state index contributed by atoms with van der Waals surface area (Å²) in [6.45, 7) is 0. The SMILES string of the molecule is O=[N+]([O-])S(=O)(=O)OO. The van der Waals surface area contributed by atoms with Gasteiger partial charge in [0.1, 0.15) is 0 Å². The van der Waals surface area contributed by atoms with Crippen LogP contribution >= 0.6 is 0 Å². The predicted molar refractivity (Wildman–Crippen MR) is 19.6 cm³/mol. The summed E-state index contributed by atoms with van der Waals surface area (Å²) in [6, 6.07) is 0. The first-order chi connectivity index (χ1) is 3.50. The van der Waals surface area contributed by atoms with Gasteiger partial charge in [0, 0.05) is 0 Å². The van der Waals surface area contributed by atoms with Crippen molar-refractivity contribution in [3.05, 3.63) is 10.1 Å². The molecule has 1 N–H and O–H groups in total. The van der Waals surface area contributed by atoms with E-state index >= 15 is 0 Å². The quantitative estimate of drug-likeness (QED) is 0.301. The first-order valence-electron chi connectivity index (χ1n) is 1.23. The Kier molecular flexibility index (Phi) is 1.84. The smallest absolute Gasteiger partial charge is 0.245 e. The van der Waals surface area contributed by atoms with E-state index in [4.69, 9.17) is 5.26 Å². The maximum absolute atomic E-state index is 9.53. The number of hydrogen-bond donors (Lipinski definition) is 1. The molecule has 0 atom stereocenters. The molecule has 0 amide bonds. The van der Waals surface area contributed by atoms with E-state index in [-0.39, 0.29) is 0 Å². The number of rotatable bonds is 2. The molecule has 0 fully saturated rings. The van der Waals surface area contributed by atoms with Gasteiger partial charge in [-0.3, -0.25) is 0 Å². The summed E-state index contributed by atoms with van der Waals surface area (Å²) in [7, 11) is -4.96. The fourth-order valence-electron chi connectivity index (χ4n) is 0.0272. The van der Waals surface area contributed by atoms with Crippen molar-refractivity contribution < 1.29 is 22.3 Å². The van der Waals surface area contributed by atoms with Gasteiger partial charge in [-0.1, -0.05) is 4.33 Å². The molecule has 0 aliphatic rings. The van der Waals surface area contributed by atoms with E-state index in [2.05, 4.69) is 4.33 Å². The highest BCUT2D eigenvalue weighted by molar-refractivity contribution is 7.80. The molecule has 0 saturated heterocycles. The van der Waals surface area contributed by atoms with E-state index < -0.39 is 14.6 Å². The first-order valence-corrected chi connectivity index (χ1v) is 2.60. The van der Waals surface area contributed by atoms with Crippen LogP contribution in [0.2, 0.25) is 0 Å². The molecule has 0 aromatic heterocycles. The molecule has 48 valence electrons. The monoisotopic (exact) mass is 143 g/mol. The minimum atomic E-state index is -4.96. The van der Waals surface area contributed by atoms with Gasteiger partial charge in [0.15, 0.2) is 4.33 Å². The van der Waals surface area contributed by atoms with Gasteiger partial charge in [-0.25, -0.2) is 15.4 Å². The van der Waals surface area contributed by atoms with Crippen molar-refractivity contribution in [1.29, 1.82) is 0 Å². The van der Waals surface area contributed by atoms with Crippen LogP contribution in [0.4, 0.5) is 0 Å². The standard InChI is InChI=1S/HNO6S/c2-1(3)8(5,6)7-4/h4H. The summed E-state index contributed by atoms with van der Waals surface area (Å²) in [5, 5.41) is 16.4. The van der Waals surface area contributed by atoms with Crippen molar-refractivity contribution in [2.45, 2.75) is 0 Å². The highest BCUT2D eigenvalue weighted by Gasteiger charge is 2.24. The van der Waals surface area contributed by atoms with Gasteiger partial charge < -0.3 is 0 Å². The van der Waals surface area contributed by atoms with Gasteiger partial charge in [-0.2, -0.15) is 0 Å². The Morgan fingerprint density at radius 2 is 2.00 bits per heavy atom. The van der Waals surface area contributed by atoms with Crippen LogP contribution in [0.15, 0.2) is 0 Å². The zero-order valence-electron chi connectivity index (χ0n) is 3.34. The summed E-state index contributed by atoms with van der Waals surface area (Å²) >= 11 is 0. The Balaban J connectivity index is 4.42. The first kappa shape index (κ1) is 7.27. The van der Waals surface area contributed by atoms with Crippen LogP contribution in [0.1, 0.15) is 0 Å². The molecule has 8 heteroatoms. The zero-order valence-corrected chi connectivity index (χ0v) is 4.16. The van der Waals surface area contributed by atoms with Gasteiger partial charge in [0.25, 0.3) is 0 Å². The molecule has 0 unspecified atom stereocenters. The van der Waals surface area contributed by atoms with Crippen molar-refractivity contribution in [1.82, 2.24) is 0 Å². The van der Waals surface area contributed by atoms with Gasteiger partial charge in [0.2, 0.25) is 0 Å². The summed E-state index contributed by atoms with van der Waals surface area (Å²) in [4.78, 5) is 9.18. The summed E-state index contributed by atoms with van der Waals surface area (Å²) < 4.78 is 19.8. The lowest BCUT2D eigenvalue weighted by Crippen LogP contribution is -2.13. The molecule has 7 nitrogen and oxygen atoms in total. The van der Waals surface area contributed by atoms with E-state index in [1.807, 2.05) is 0 Å². The van der Waals surface area contributed by atoms with E-state index in [0.29, 0.717) is 0 Å². The maximum Gasteiger partial charge on any atom is 0.593 e. The Morgan fingerprint density at radius 3 is 2.00 bits per heavy atom. The second-order valence-electron chi connectivity index (χ2n) is 0.726. The largest absolute Gasteiger partial charge is 0.593 e. The third-order valence-electron chi connectivity index (χ3n) is 0.277. The van der Waals surface area contributed by atoms with Gasteiger partial charge in [0.05, 0.1) is 0 Å². The molecule has 0 rings (SSSR count).